The largest absolute Gasteiger partial charge is 0.493 e. The van der Waals surface area contributed by atoms with E-state index in [1.807, 2.05) is 6.07 Å². The highest BCUT2D eigenvalue weighted by molar-refractivity contribution is 7.80. The van der Waals surface area contributed by atoms with Crippen molar-refractivity contribution in [3.8, 4) is 22.9 Å². The minimum atomic E-state index is -0.307. The molecule has 1 heterocycles. The van der Waals surface area contributed by atoms with Gasteiger partial charge < -0.3 is 24.2 Å². The highest BCUT2D eigenvalue weighted by Gasteiger charge is 2.14. The molecule has 7 nitrogen and oxygen atoms in total. The van der Waals surface area contributed by atoms with E-state index in [2.05, 4.69) is 15.5 Å². The molecule has 3 aromatic rings. The summed E-state index contributed by atoms with van der Waals surface area (Å²) in [5.74, 6) is 1.72. The van der Waals surface area contributed by atoms with Crippen LogP contribution in [0.4, 0.5) is 10.1 Å². The number of halogens is 1. The summed E-state index contributed by atoms with van der Waals surface area (Å²) in [6, 6.07) is 11.3. The maximum atomic E-state index is 13.0. The van der Waals surface area contributed by atoms with E-state index in [0.29, 0.717) is 40.6 Å². The summed E-state index contributed by atoms with van der Waals surface area (Å²) in [5.41, 5.74) is 1.43. The molecular weight excluding hydrogens is 383 g/mol. The Morgan fingerprint density at radius 2 is 1.86 bits per heavy atom. The number of rotatable bonds is 6. The predicted octanol–water partition coefficient (Wildman–Crippen LogP) is 3.72. The average Bonchev–Trinajstić information content (AvgIpc) is 3.17. The van der Waals surface area contributed by atoms with E-state index < -0.39 is 0 Å². The van der Waals surface area contributed by atoms with Gasteiger partial charge in [-0.3, -0.25) is 0 Å². The summed E-state index contributed by atoms with van der Waals surface area (Å²) in [6.07, 6.45) is 0. The molecule has 0 fully saturated rings. The molecule has 2 aromatic carbocycles. The molecule has 146 valence electrons. The van der Waals surface area contributed by atoms with Crippen LogP contribution in [0.2, 0.25) is 0 Å². The molecule has 1 aromatic heterocycles. The number of nitrogens with one attached hydrogen (secondary N) is 1. The molecule has 0 amide bonds. The Hall–Kier alpha value is -3.20. The van der Waals surface area contributed by atoms with E-state index in [4.69, 9.17) is 26.2 Å². The summed E-state index contributed by atoms with van der Waals surface area (Å²) in [4.78, 5) is 6.14. The summed E-state index contributed by atoms with van der Waals surface area (Å²) in [7, 11) is 4.93. The van der Waals surface area contributed by atoms with Crippen LogP contribution in [0.15, 0.2) is 47.0 Å². The Kier molecular flexibility index (Phi) is 6.05. The van der Waals surface area contributed by atoms with Gasteiger partial charge in [-0.15, -0.1) is 0 Å². The lowest BCUT2D eigenvalue weighted by molar-refractivity contribution is 0.336. The first kappa shape index (κ1) is 19.6. The monoisotopic (exact) mass is 402 g/mol. The zero-order valence-electron chi connectivity index (χ0n) is 15.6. The summed E-state index contributed by atoms with van der Waals surface area (Å²) < 4.78 is 28.8. The quantitative estimate of drug-likeness (QED) is 0.626. The van der Waals surface area contributed by atoms with Crippen molar-refractivity contribution in [2.45, 2.75) is 6.54 Å². The molecule has 0 saturated carbocycles. The lowest BCUT2D eigenvalue weighted by Crippen LogP contribution is -2.30. The normalized spacial score (nSPS) is 10.4. The third-order valence-electron chi connectivity index (χ3n) is 3.92. The van der Waals surface area contributed by atoms with E-state index in [1.54, 1.807) is 50.4 Å². The lowest BCUT2D eigenvalue weighted by Gasteiger charge is -2.19. The number of methoxy groups -OCH3 is 2. The van der Waals surface area contributed by atoms with Gasteiger partial charge in [0, 0.05) is 18.3 Å². The first-order valence-electron chi connectivity index (χ1n) is 8.33. The van der Waals surface area contributed by atoms with Crippen molar-refractivity contribution in [1.82, 2.24) is 15.0 Å². The van der Waals surface area contributed by atoms with Crippen LogP contribution in [0.1, 0.15) is 5.89 Å². The summed E-state index contributed by atoms with van der Waals surface area (Å²) in [5, 5.41) is 7.48. The zero-order chi connectivity index (χ0) is 20.1. The average molecular weight is 402 g/mol. The van der Waals surface area contributed by atoms with Crippen LogP contribution in [0.5, 0.6) is 11.5 Å². The van der Waals surface area contributed by atoms with Gasteiger partial charge in [0.1, 0.15) is 5.82 Å². The van der Waals surface area contributed by atoms with Gasteiger partial charge in [0.15, 0.2) is 16.6 Å². The molecule has 0 aliphatic heterocycles. The molecule has 0 radical (unpaired) electrons. The molecule has 0 aliphatic carbocycles. The van der Waals surface area contributed by atoms with Crippen molar-refractivity contribution in [1.29, 1.82) is 0 Å². The third kappa shape index (κ3) is 4.55. The van der Waals surface area contributed by atoms with Crippen molar-refractivity contribution < 1.29 is 18.4 Å². The van der Waals surface area contributed by atoms with Gasteiger partial charge in [-0.1, -0.05) is 5.16 Å². The van der Waals surface area contributed by atoms with E-state index in [0.717, 1.165) is 5.56 Å². The number of hydrogen-bond donors (Lipinski definition) is 1. The minimum absolute atomic E-state index is 0.307. The number of benzene rings is 2. The molecule has 0 saturated heterocycles. The van der Waals surface area contributed by atoms with Crippen LogP contribution < -0.4 is 14.8 Å². The molecule has 3 rings (SSSR count). The maximum absolute atomic E-state index is 13.0. The Balaban J connectivity index is 1.66. The Bertz CT molecular complexity index is 962. The highest BCUT2D eigenvalue weighted by Crippen LogP contribution is 2.31. The highest BCUT2D eigenvalue weighted by atomic mass is 32.1. The van der Waals surface area contributed by atoms with Crippen LogP contribution >= 0.6 is 12.2 Å². The third-order valence-corrected chi connectivity index (χ3v) is 4.34. The number of anilines is 1. The molecule has 1 N–H and O–H groups in total. The maximum Gasteiger partial charge on any atom is 0.246 e. The van der Waals surface area contributed by atoms with Crippen molar-refractivity contribution in [3.05, 3.63) is 54.2 Å². The molecule has 0 aliphatic rings. The Morgan fingerprint density at radius 1 is 1.14 bits per heavy atom. The second-order valence-corrected chi connectivity index (χ2v) is 6.26. The van der Waals surface area contributed by atoms with Gasteiger partial charge in [0.2, 0.25) is 11.7 Å². The Labute approximate surface area is 167 Å². The van der Waals surface area contributed by atoms with Crippen molar-refractivity contribution in [2.75, 3.05) is 26.6 Å². The van der Waals surface area contributed by atoms with Crippen LogP contribution in [0.25, 0.3) is 11.4 Å². The van der Waals surface area contributed by atoms with Gasteiger partial charge >= 0.3 is 0 Å². The number of aromatic nitrogens is 2. The van der Waals surface area contributed by atoms with Gasteiger partial charge in [0.05, 0.1) is 20.8 Å². The van der Waals surface area contributed by atoms with Crippen LogP contribution in [-0.4, -0.2) is 41.4 Å². The number of thiocarbonyl (C=S) groups is 1. The number of hydrogen-bond acceptors (Lipinski definition) is 6. The molecule has 0 unspecified atom stereocenters. The van der Waals surface area contributed by atoms with Crippen molar-refractivity contribution in [3.63, 3.8) is 0 Å². The van der Waals surface area contributed by atoms with E-state index in [-0.39, 0.29) is 5.82 Å². The molecule has 0 spiro atoms. The van der Waals surface area contributed by atoms with E-state index in [9.17, 15) is 4.39 Å². The fourth-order valence-electron chi connectivity index (χ4n) is 2.44. The standard InChI is InChI=1S/C19H19FN4O3S/c1-24(19(28)21-14-7-5-13(20)6-8-14)11-17-22-18(23-27-17)12-4-9-15(25-2)16(10-12)26-3/h4-10H,11H2,1-3H3,(H,21,28). The molecular formula is C19H19FN4O3S. The van der Waals surface area contributed by atoms with Gasteiger partial charge in [-0.25, -0.2) is 4.39 Å². The first-order chi connectivity index (χ1) is 13.5. The second-order valence-electron chi connectivity index (χ2n) is 5.87. The summed E-state index contributed by atoms with van der Waals surface area (Å²) >= 11 is 5.35. The van der Waals surface area contributed by atoms with Crippen LogP contribution in [0.3, 0.4) is 0 Å². The number of nitrogens with zero attached hydrogens (tertiary/aromatic N) is 3. The van der Waals surface area contributed by atoms with E-state index in [1.165, 1.54) is 12.1 Å². The number of ether oxygens (including phenoxy) is 2. The lowest BCUT2D eigenvalue weighted by atomic mass is 10.2. The Morgan fingerprint density at radius 3 is 2.54 bits per heavy atom. The van der Waals surface area contributed by atoms with Crippen molar-refractivity contribution >= 4 is 23.0 Å². The van der Waals surface area contributed by atoms with Gasteiger partial charge in [-0.05, 0) is 54.7 Å². The first-order valence-corrected chi connectivity index (χ1v) is 8.73. The fourth-order valence-corrected chi connectivity index (χ4v) is 2.62. The van der Waals surface area contributed by atoms with Gasteiger partial charge in [-0.2, -0.15) is 4.98 Å². The van der Waals surface area contributed by atoms with Crippen LogP contribution in [0, 0.1) is 5.82 Å². The molecule has 0 atom stereocenters. The fraction of sp³-hybridized carbons (Fsp3) is 0.211. The predicted molar refractivity (Wildman–Crippen MR) is 107 cm³/mol. The minimum Gasteiger partial charge on any atom is -0.493 e. The van der Waals surface area contributed by atoms with Crippen molar-refractivity contribution in [2.24, 2.45) is 0 Å². The molecule has 0 bridgehead atoms. The summed E-state index contributed by atoms with van der Waals surface area (Å²) in [6.45, 7) is 0.313. The van der Waals surface area contributed by atoms with E-state index >= 15 is 0 Å². The second kappa shape index (κ2) is 8.66. The van der Waals surface area contributed by atoms with Crippen LogP contribution in [-0.2, 0) is 6.54 Å². The molecule has 28 heavy (non-hydrogen) atoms. The molecule has 9 heteroatoms. The SMILES string of the molecule is COc1ccc(-c2noc(CN(C)C(=S)Nc3ccc(F)cc3)n2)cc1OC. The topological polar surface area (TPSA) is 72.7 Å². The zero-order valence-corrected chi connectivity index (χ0v) is 16.4. The van der Waals surface area contributed by atoms with Gasteiger partial charge in [0.25, 0.3) is 0 Å². The smallest absolute Gasteiger partial charge is 0.246 e.